The molecule has 40 heavy (non-hydrogen) atoms. The van der Waals surface area contributed by atoms with E-state index in [0.29, 0.717) is 19.3 Å². The molecule has 0 aromatic carbocycles. The number of likely N-dealkylation sites (tertiary alicyclic amines) is 1. The third-order valence-electron chi connectivity index (χ3n) is 6.93. The fourth-order valence-corrected chi connectivity index (χ4v) is 6.12. The number of alkyl carbamates (subject to hydrolysis) is 1. The lowest BCUT2D eigenvalue weighted by atomic mass is 10.1. The minimum Gasteiger partial charge on any atom is -0.444 e. The summed E-state index contributed by atoms with van der Waals surface area (Å²) in [4.78, 5) is 66.4. The quantitative estimate of drug-likeness (QED) is 0.244. The van der Waals surface area contributed by atoms with Crippen LogP contribution in [-0.4, -0.2) is 77.9 Å². The number of nitrogens with one attached hydrogen (secondary N) is 3. The molecule has 0 unspecified atom stereocenters. The Morgan fingerprint density at radius 2 is 1.77 bits per heavy atom. The van der Waals surface area contributed by atoms with Crippen LogP contribution in [0, 0.1) is 5.92 Å². The Balaban J connectivity index is 1.77. The first-order valence-electron chi connectivity index (χ1n) is 13.5. The van der Waals surface area contributed by atoms with Crippen molar-refractivity contribution in [2.24, 2.45) is 5.92 Å². The molecule has 3 N–H and O–H groups in total. The molecule has 4 amide bonds. The summed E-state index contributed by atoms with van der Waals surface area (Å²) < 4.78 is 32.1. The summed E-state index contributed by atoms with van der Waals surface area (Å²) in [5.74, 6) is -2.94. The normalized spacial score (nSPS) is 24.8. The SMILES string of the molecule is C=C[C@@H]1C[C@]1(NC(=O)[C@@H]1CCCN1C(=O)[C@H](CC(=O)C=C(C)C)NC(=O)OC(C)(C)C)C(=O)NS(=O)(=O)C1CC1. The second kappa shape index (κ2) is 11.7. The summed E-state index contributed by atoms with van der Waals surface area (Å²) in [7, 11) is -3.83. The fourth-order valence-electron chi connectivity index (χ4n) is 4.75. The first-order chi connectivity index (χ1) is 18.5. The Morgan fingerprint density at radius 1 is 1.12 bits per heavy atom. The number of nitrogens with zero attached hydrogens (tertiary/aromatic N) is 1. The largest absolute Gasteiger partial charge is 0.444 e. The van der Waals surface area contributed by atoms with Crippen LogP contribution in [0.3, 0.4) is 0 Å². The summed E-state index contributed by atoms with van der Waals surface area (Å²) in [5, 5.41) is 4.54. The van der Waals surface area contributed by atoms with Gasteiger partial charge in [0, 0.05) is 18.9 Å². The van der Waals surface area contributed by atoms with Crippen molar-refractivity contribution in [3.05, 3.63) is 24.3 Å². The third kappa shape index (κ3) is 7.70. The number of hydrogen-bond acceptors (Lipinski definition) is 8. The number of sulfonamides is 1. The van der Waals surface area contributed by atoms with Crippen molar-refractivity contribution in [3.63, 3.8) is 0 Å². The van der Waals surface area contributed by atoms with Gasteiger partial charge in [0.2, 0.25) is 21.8 Å². The average molecular weight is 581 g/mol. The summed E-state index contributed by atoms with van der Waals surface area (Å²) >= 11 is 0. The van der Waals surface area contributed by atoms with E-state index in [2.05, 4.69) is 21.9 Å². The topological polar surface area (TPSA) is 168 Å². The molecule has 2 aliphatic carbocycles. The van der Waals surface area contributed by atoms with E-state index in [0.717, 1.165) is 5.57 Å². The van der Waals surface area contributed by atoms with Crippen LogP contribution in [0.2, 0.25) is 0 Å². The predicted octanol–water partition coefficient (Wildman–Crippen LogP) is 1.47. The molecule has 0 radical (unpaired) electrons. The second-order valence-corrected chi connectivity index (χ2v) is 13.9. The molecule has 4 atom stereocenters. The second-order valence-electron chi connectivity index (χ2n) is 12.0. The zero-order chi connectivity index (χ0) is 30.0. The number of ether oxygens (including phenoxy) is 1. The monoisotopic (exact) mass is 580 g/mol. The molecule has 0 aromatic rings. The summed E-state index contributed by atoms with van der Waals surface area (Å²) in [5.41, 5.74) is -1.60. The molecule has 1 heterocycles. The number of rotatable bonds is 11. The minimum absolute atomic E-state index is 0.176. The van der Waals surface area contributed by atoms with Crippen LogP contribution < -0.4 is 15.4 Å². The van der Waals surface area contributed by atoms with Crippen LogP contribution in [0.4, 0.5) is 4.79 Å². The van der Waals surface area contributed by atoms with E-state index in [-0.39, 0.29) is 31.6 Å². The van der Waals surface area contributed by atoms with Gasteiger partial charge < -0.3 is 20.3 Å². The van der Waals surface area contributed by atoms with E-state index >= 15 is 0 Å². The predicted molar refractivity (Wildman–Crippen MR) is 146 cm³/mol. The molecule has 0 bridgehead atoms. The van der Waals surface area contributed by atoms with Crippen molar-refractivity contribution in [1.29, 1.82) is 0 Å². The molecule has 1 aliphatic heterocycles. The maximum atomic E-state index is 13.6. The molecule has 12 nitrogen and oxygen atoms in total. The molecule has 222 valence electrons. The summed E-state index contributed by atoms with van der Waals surface area (Å²) in [6, 6.07) is -2.26. The molecular weight excluding hydrogens is 540 g/mol. The number of ketones is 1. The van der Waals surface area contributed by atoms with Crippen LogP contribution in [0.15, 0.2) is 24.3 Å². The van der Waals surface area contributed by atoms with E-state index in [1.165, 1.54) is 17.1 Å². The van der Waals surface area contributed by atoms with Gasteiger partial charge >= 0.3 is 6.09 Å². The van der Waals surface area contributed by atoms with Gasteiger partial charge in [0.25, 0.3) is 5.91 Å². The van der Waals surface area contributed by atoms with E-state index in [9.17, 15) is 32.4 Å². The summed E-state index contributed by atoms with van der Waals surface area (Å²) in [6.45, 7) is 12.3. The lowest BCUT2D eigenvalue weighted by Crippen LogP contribution is -2.58. The van der Waals surface area contributed by atoms with Gasteiger partial charge in [-0.15, -0.1) is 6.58 Å². The number of allylic oxidation sites excluding steroid dienone is 2. The Morgan fingerprint density at radius 3 is 2.30 bits per heavy atom. The molecule has 3 aliphatic rings. The zero-order valence-electron chi connectivity index (χ0n) is 23.7. The highest BCUT2D eigenvalue weighted by atomic mass is 32.2. The van der Waals surface area contributed by atoms with Gasteiger partial charge in [-0.25, -0.2) is 13.2 Å². The number of carbonyl (C=O) groups is 5. The minimum atomic E-state index is -3.83. The highest BCUT2D eigenvalue weighted by Gasteiger charge is 2.61. The third-order valence-corrected chi connectivity index (χ3v) is 8.75. The average Bonchev–Trinajstić information content (AvgIpc) is 3.72. The van der Waals surface area contributed by atoms with Gasteiger partial charge in [-0.2, -0.15) is 0 Å². The standard InChI is InChI=1S/C27H40N4O8S/c1-7-17-15-27(17,24(35)30-40(37,38)19-10-11-19)29-22(33)21-9-8-12-31(21)23(34)20(14-18(32)13-16(2)3)28-25(36)39-26(4,5)6/h7,13,17,19-21H,1,8-12,14-15H2,2-6H3,(H,28,36)(H,29,33)(H,30,35)/t17-,20+,21+,27-/m1/s1. The molecule has 13 heteroatoms. The van der Waals surface area contributed by atoms with Crippen LogP contribution in [0.1, 0.15) is 73.1 Å². The van der Waals surface area contributed by atoms with Gasteiger partial charge in [0.1, 0.15) is 23.2 Å². The van der Waals surface area contributed by atoms with Gasteiger partial charge in [-0.05, 0) is 72.8 Å². The first kappa shape index (κ1) is 31.3. The molecule has 3 rings (SSSR count). The molecule has 3 fully saturated rings. The lowest BCUT2D eigenvalue weighted by molar-refractivity contribution is -0.141. The van der Waals surface area contributed by atoms with Crippen LogP contribution in [0.5, 0.6) is 0 Å². The summed E-state index contributed by atoms with van der Waals surface area (Å²) in [6.07, 6.45) is 3.52. The number of hydrogen-bond donors (Lipinski definition) is 3. The van der Waals surface area contributed by atoms with Crippen molar-refractivity contribution in [2.45, 2.75) is 102 Å². The molecule has 0 aromatic heterocycles. The Labute approximate surface area is 235 Å². The van der Waals surface area contributed by atoms with Gasteiger partial charge in [-0.1, -0.05) is 11.6 Å². The maximum Gasteiger partial charge on any atom is 0.408 e. The number of amides is 4. The van der Waals surface area contributed by atoms with Crippen molar-refractivity contribution in [3.8, 4) is 0 Å². The first-order valence-corrected chi connectivity index (χ1v) is 15.0. The highest BCUT2D eigenvalue weighted by Crippen LogP contribution is 2.45. The van der Waals surface area contributed by atoms with Crippen LogP contribution >= 0.6 is 0 Å². The van der Waals surface area contributed by atoms with E-state index in [1.54, 1.807) is 34.6 Å². The van der Waals surface area contributed by atoms with Gasteiger partial charge in [0.15, 0.2) is 5.78 Å². The fraction of sp³-hybridized carbons (Fsp3) is 0.667. The smallest absolute Gasteiger partial charge is 0.408 e. The van der Waals surface area contributed by atoms with Crippen molar-refractivity contribution in [2.75, 3.05) is 6.54 Å². The van der Waals surface area contributed by atoms with E-state index < -0.39 is 68.2 Å². The molecule has 0 spiro atoms. The van der Waals surface area contributed by atoms with Crippen molar-refractivity contribution >= 4 is 39.6 Å². The molecular formula is C27H40N4O8S. The Bertz CT molecular complexity index is 1210. The highest BCUT2D eigenvalue weighted by molar-refractivity contribution is 7.91. The van der Waals surface area contributed by atoms with Crippen molar-refractivity contribution in [1.82, 2.24) is 20.3 Å². The Kier molecular flexibility index (Phi) is 9.17. The van der Waals surface area contributed by atoms with Crippen molar-refractivity contribution < 1.29 is 37.1 Å². The van der Waals surface area contributed by atoms with Crippen LogP contribution in [0.25, 0.3) is 0 Å². The number of carbonyl (C=O) groups excluding carboxylic acids is 5. The van der Waals surface area contributed by atoms with Gasteiger partial charge in [-0.3, -0.25) is 23.9 Å². The maximum absolute atomic E-state index is 13.6. The molecule has 2 saturated carbocycles. The van der Waals surface area contributed by atoms with Crippen LogP contribution in [-0.2, 0) is 33.9 Å². The van der Waals surface area contributed by atoms with E-state index in [4.69, 9.17) is 4.74 Å². The Hall–Kier alpha value is -3.22. The lowest BCUT2D eigenvalue weighted by Gasteiger charge is -2.30. The molecule has 1 saturated heterocycles. The van der Waals surface area contributed by atoms with Gasteiger partial charge in [0.05, 0.1) is 5.25 Å². The zero-order valence-corrected chi connectivity index (χ0v) is 24.6. The van der Waals surface area contributed by atoms with E-state index in [1.807, 2.05) is 0 Å².